The third kappa shape index (κ3) is 4.18. The van der Waals surface area contributed by atoms with E-state index in [9.17, 15) is 4.79 Å². The van der Waals surface area contributed by atoms with E-state index in [-0.39, 0.29) is 5.91 Å². The van der Waals surface area contributed by atoms with Crippen LogP contribution in [0.2, 0.25) is 0 Å². The van der Waals surface area contributed by atoms with E-state index in [0.717, 1.165) is 47.9 Å². The Morgan fingerprint density at radius 3 is 2.88 bits per heavy atom. The van der Waals surface area contributed by atoms with Crippen LogP contribution in [0.1, 0.15) is 33.9 Å². The summed E-state index contributed by atoms with van der Waals surface area (Å²) in [7, 11) is 1.94. The molecule has 0 bridgehead atoms. The molecule has 128 valence electrons. The number of nitrogens with zero attached hydrogens (tertiary/aromatic N) is 2. The van der Waals surface area contributed by atoms with Crippen LogP contribution in [-0.4, -0.2) is 42.0 Å². The van der Waals surface area contributed by atoms with Gasteiger partial charge in [-0.1, -0.05) is 0 Å². The van der Waals surface area contributed by atoms with Gasteiger partial charge in [-0.2, -0.15) is 0 Å². The molecule has 1 fully saturated rings. The summed E-state index contributed by atoms with van der Waals surface area (Å²) in [6.07, 6.45) is 2.19. The van der Waals surface area contributed by atoms with Crippen LogP contribution in [0.15, 0.2) is 34.5 Å². The highest BCUT2D eigenvalue weighted by Crippen LogP contribution is 2.25. The minimum absolute atomic E-state index is 0.152. The lowest BCUT2D eigenvalue weighted by molar-refractivity contribution is 0.0737. The van der Waals surface area contributed by atoms with Gasteiger partial charge in [0.25, 0.3) is 5.91 Å². The number of nitrogens with one attached hydrogen (secondary N) is 1. The predicted molar refractivity (Wildman–Crippen MR) is 101 cm³/mol. The molecule has 6 heteroatoms. The normalized spacial score (nSPS) is 17.4. The number of carbonyl (C=O) groups is 1. The Morgan fingerprint density at radius 2 is 2.21 bits per heavy atom. The van der Waals surface area contributed by atoms with Crippen molar-refractivity contribution in [3.05, 3.63) is 45.9 Å². The highest BCUT2D eigenvalue weighted by molar-refractivity contribution is 7.98. The van der Waals surface area contributed by atoms with E-state index in [1.165, 1.54) is 4.90 Å². The SMILES string of the molecule is CNCC1CCCN1C(=O)c1ccc(SCc2csc(C)n2)cc1. The van der Waals surface area contributed by atoms with Crippen LogP contribution in [0.4, 0.5) is 0 Å². The van der Waals surface area contributed by atoms with Crippen molar-refractivity contribution in [1.29, 1.82) is 0 Å². The molecule has 1 N–H and O–H groups in total. The van der Waals surface area contributed by atoms with Gasteiger partial charge in [0.1, 0.15) is 0 Å². The average molecular weight is 362 g/mol. The summed E-state index contributed by atoms with van der Waals surface area (Å²) < 4.78 is 0. The lowest BCUT2D eigenvalue weighted by atomic mass is 10.1. The second-order valence-corrected chi connectivity index (χ2v) is 8.13. The molecule has 1 aliphatic heterocycles. The Bertz CT molecular complexity index is 684. The molecule has 0 radical (unpaired) electrons. The second-order valence-electron chi connectivity index (χ2n) is 6.02. The smallest absolute Gasteiger partial charge is 0.254 e. The van der Waals surface area contributed by atoms with Gasteiger partial charge in [-0.3, -0.25) is 4.79 Å². The van der Waals surface area contributed by atoms with E-state index in [1.807, 2.05) is 43.1 Å². The number of aromatic nitrogens is 1. The number of amides is 1. The maximum absolute atomic E-state index is 12.7. The standard InChI is InChI=1S/C18H23N3OS2/c1-13-20-15(11-23-13)12-24-17-7-5-14(6-8-17)18(22)21-9-3-4-16(21)10-19-2/h5-8,11,16,19H,3-4,9-10,12H2,1-2H3. The first kappa shape index (κ1) is 17.5. The van der Waals surface area contributed by atoms with Crippen LogP contribution in [-0.2, 0) is 5.75 Å². The molecule has 2 heterocycles. The maximum atomic E-state index is 12.7. The van der Waals surface area contributed by atoms with Gasteiger partial charge in [-0.15, -0.1) is 23.1 Å². The van der Waals surface area contributed by atoms with Crippen LogP contribution >= 0.6 is 23.1 Å². The van der Waals surface area contributed by atoms with E-state index < -0.39 is 0 Å². The Kier molecular flexibility index (Phi) is 5.92. The molecule has 0 spiro atoms. The fourth-order valence-corrected chi connectivity index (χ4v) is 4.55. The van der Waals surface area contributed by atoms with E-state index >= 15 is 0 Å². The van der Waals surface area contributed by atoms with Crippen molar-refractivity contribution in [2.75, 3.05) is 20.1 Å². The molecular weight excluding hydrogens is 338 g/mol. The van der Waals surface area contributed by atoms with Crippen molar-refractivity contribution in [1.82, 2.24) is 15.2 Å². The Hall–Kier alpha value is -1.37. The van der Waals surface area contributed by atoms with Crippen LogP contribution in [0.5, 0.6) is 0 Å². The van der Waals surface area contributed by atoms with Crippen molar-refractivity contribution in [3.8, 4) is 0 Å². The first-order chi connectivity index (χ1) is 11.7. The topological polar surface area (TPSA) is 45.2 Å². The Morgan fingerprint density at radius 1 is 1.42 bits per heavy atom. The lowest BCUT2D eigenvalue weighted by Crippen LogP contribution is -2.40. The van der Waals surface area contributed by atoms with Crippen molar-refractivity contribution < 1.29 is 4.79 Å². The summed E-state index contributed by atoms with van der Waals surface area (Å²) in [6.45, 7) is 3.76. The zero-order chi connectivity index (χ0) is 16.9. The number of thiazole rings is 1. The molecule has 4 nitrogen and oxygen atoms in total. The van der Waals surface area contributed by atoms with Gasteiger partial charge in [0.15, 0.2) is 0 Å². The monoisotopic (exact) mass is 361 g/mol. The first-order valence-electron chi connectivity index (χ1n) is 8.27. The third-order valence-corrected chi connectivity index (χ3v) is 6.10. The number of thioether (sulfide) groups is 1. The molecule has 1 aromatic carbocycles. The molecule has 2 aromatic rings. The Balaban J connectivity index is 1.60. The van der Waals surface area contributed by atoms with E-state index in [4.69, 9.17) is 0 Å². The third-order valence-electron chi connectivity index (χ3n) is 4.23. The number of likely N-dealkylation sites (N-methyl/N-ethyl adjacent to an activating group) is 1. The molecule has 1 atom stereocenters. The molecule has 1 saturated heterocycles. The minimum atomic E-state index is 0.152. The summed E-state index contributed by atoms with van der Waals surface area (Å²) >= 11 is 3.44. The highest BCUT2D eigenvalue weighted by atomic mass is 32.2. The number of likely N-dealkylation sites (tertiary alicyclic amines) is 1. The van der Waals surface area contributed by atoms with Crippen LogP contribution < -0.4 is 5.32 Å². The second kappa shape index (κ2) is 8.14. The summed E-state index contributed by atoms with van der Waals surface area (Å²) in [4.78, 5) is 20.4. The minimum Gasteiger partial charge on any atom is -0.334 e. The molecule has 0 saturated carbocycles. The van der Waals surface area contributed by atoms with Crippen LogP contribution in [0, 0.1) is 6.92 Å². The van der Waals surface area contributed by atoms with E-state index in [1.54, 1.807) is 23.1 Å². The highest BCUT2D eigenvalue weighted by Gasteiger charge is 2.28. The molecule has 1 aliphatic rings. The van der Waals surface area contributed by atoms with E-state index in [0.29, 0.717) is 6.04 Å². The van der Waals surface area contributed by atoms with Crippen molar-refractivity contribution >= 4 is 29.0 Å². The van der Waals surface area contributed by atoms with Crippen molar-refractivity contribution in [2.45, 2.75) is 36.5 Å². The summed E-state index contributed by atoms with van der Waals surface area (Å²) in [5.74, 6) is 1.02. The molecular formula is C18H23N3OS2. The molecule has 24 heavy (non-hydrogen) atoms. The van der Waals surface area contributed by atoms with E-state index in [2.05, 4.69) is 15.7 Å². The van der Waals surface area contributed by atoms with Crippen molar-refractivity contribution in [3.63, 3.8) is 0 Å². The largest absolute Gasteiger partial charge is 0.334 e. The zero-order valence-corrected chi connectivity index (χ0v) is 15.8. The van der Waals surface area contributed by atoms with Gasteiger partial charge in [0.05, 0.1) is 10.7 Å². The van der Waals surface area contributed by atoms with Gasteiger partial charge < -0.3 is 10.2 Å². The molecule has 3 rings (SSSR count). The van der Waals surface area contributed by atoms with Gasteiger partial charge in [-0.25, -0.2) is 4.98 Å². The van der Waals surface area contributed by atoms with Crippen LogP contribution in [0.25, 0.3) is 0 Å². The quantitative estimate of drug-likeness (QED) is 0.799. The summed E-state index contributed by atoms with van der Waals surface area (Å²) in [5, 5.41) is 6.40. The fourth-order valence-electron chi connectivity index (χ4n) is 3.04. The summed E-state index contributed by atoms with van der Waals surface area (Å²) in [6, 6.07) is 8.31. The Labute approximate surface area is 151 Å². The average Bonchev–Trinajstić information content (AvgIpc) is 3.22. The number of hydrogen-bond acceptors (Lipinski definition) is 5. The number of aryl methyl sites for hydroxylation is 1. The van der Waals surface area contributed by atoms with Gasteiger partial charge in [-0.05, 0) is 51.1 Å². The molecule has 1 unspecified atom stereocenters. The lowest BCUT2D eigenvalue weighted by Gasteiger charge is -2.24. The molecule has 1 amide bonds. The number of rotatable bonds is 6. The first-order valence-corrected chi connectivity index (χ1v) is 10.1. The zero-order valence-electron chi connectivity index (χ0n) is 14.1. The maximum Gasteiger partial charge on any atom is 0.254 e. The summed E-state index contributed by atoms with van der Waals surface area (Å²) in [5.41, 5.74) is 1.90. The van der Waals surface area contributed by atoms with Gasteiger partial charge in [0.2, 0.25) is 0 Å². The number of hydrogen-bond donors (Lipinski definition) is 1. The van der Waals surface area contributed by atoms with Gasteiger partial charge >= 0.3 is 0 Å². The van der Waals surface area contributed by atoms with Gasteiger partial charge in [0, 0.05) is 40.7 Å². The number of benzene rings is 1. The predicted octanol–water partition coefficient (Wildman–Crippen LogP) is 3.57. The fraction of sp³-hybridized carbons (Fsp3) is 0.444. The van der Waals surface area contributed by atoms with Crippen molar-refractivity contribution in [2.24, 2.45) is 0 Å². The molecule has 1 aromatic heterocycles. The van der Waals surface area contributed by atoms with Crippen LogP contribution in [0.3, 0.4) is 0 Å². The molecule has 0 aliphatic carbocycles. The number of carbonyl (C=O) groups excluding carboxylic acids is 1.